The Balaban J connectivity index is 1.94. The molecule has 1 aliphatic carbocycles. The van der Waals surface area contributed by atoms with Crippen LogP contribution in [0.1, 0.15) is 59.4 Å². The highest BCUT2D eigenvalue weighted by molar-refractivity contribution is 6.30. The predicted molar refractivity (Wildman–Crippen MR) is 93.0 cm³/mol. The van der Waals surface area contributed by atoms with Crippen LogP contribution in [0.25, 0.3) is 0 Å². The van der Waals surface area contributed by atoms with Gasteiger partial charge in [0.1, 0.15) is 0 Å². The van der Waals surface area contributed by atoms with Gasteiger partial charge in [0.05, 0.1) is 0 Å². The van der Waals surface area contributed by atoms with Crippen LogP contribution in [0.15, 0.2) is 24.3 Å². The molecule has 0 spiro atoms. The SMILES string of the molecule is CC(Cc1cccc(Cl)c1)NC1CC(C)(C)CC(C)(C)C1. The summed E-state index contributed by atoms with van der Waals surface area (Å²) in [5.74, 6) is 0. The molecule has 1 aromatic carbocycles. The van der Waals surface area contributed by atoms with E-state index in [-0.39, 0.29) is 0 Å². The van der Waals surface area contributed by atoms with Gasteiger partial charge in [-0.05, 0) is 61.1 Å². The van der Waals surface area contributed by atoms with Crippen molar-refractivity contribution >= 4 is 11.6 Å². The minimum absolute atomic E-state index is 0.440. The summed E-state index contributed by atoms with van der Waals surface area (Å²) in [6, 6.07) is 9.33. The standard InChI is InChI=1S/C19H30ClN/c1-14(9-15-7-6-8-16(20)10-15)21-17-11-18(2,3)13-19(4,5)12-17/h6-8,10,14,17,21H,9,11-13H2,1-5H3. The van der Waals surface area contributed by atoms with Gasteiger partial charge in [0.2, 0.25) is 0 Å². The largest absolute Gasteiger partial charge is 0.311 e. The molecule has 1 N–H and O–H groups in total. The molecule has 1 atom stereocenters. The zero-order valence-electron chi connectivity index (χ0n) is 14.2. The average Bonchev–Trinajstić information content (AvgIpc) is 2.23. The summed E-state index contributed by atoms with van der Waals surface area (Å²) in [6.45, 7) is 11.9. The van der Waals surface area contributed by atoms with Crippen LogP contribution < -0.4 is 5.32 Å². The maximum Gasteiger partial charge on any atom is 0.0408 e. The van der Waals surface area contributed by atoms with E-state index in [1.807, 2.05) is 12.1 Å². The Morgan fingerprint density at radius 3 is 2.38 bits per heavy atom. The second-order valence-electron chi connectivity index (χ2n) is 8.51. The van der Waals surface area contributed by atoms with Crippen LogP contribution in [0.5, 0.6) is 0 Å². The summed E-state index contributed by atoms with van der Waals surface area (Å²) < 4.78 is 0. The molecule has 0 radical (unpaired) electrons. The lowest BCUT2D eigenvalue weighted by atomic mass is 9.63. The fourth-order valence-corrected chi connectivity index (χ4v) is 4.66. The van der Waals surface area contributed by atoms with Crippen molar-refractivity contribution in [2.24, 2.45) is 10.8 Å². The second-order valence-corrected chi connectivity index (χ2v) is 8.95. The summed E-state index contributed by atoms with van der Waals surface area (Å²) in [7, 11) is 0. The molecule has 1 nitrogen and oxygen atoms in total. The molecule has 0 bridgehead atoms. The Morgan fingerprint density at radius 2 is 1.81 bits per heavy atom. The minimum atomic E-state index is 0.440. The Morgan fingerprint density at radius 1 is 1.19 bits per heavy atom. The lowest BCUT2D eigenvalue weighted by Crippen LogP contribution is -2.47. The van der Waals surface area contributed by atoms with Crippen LogP contribution in [0.4, 0.5) is 0 Å². The fourth-order valence-electron chi connectivity index (χ4n) is 4.44. The summed E-state index contributed by atoms with van der Waals surface area (Å²) >= 11 is 6.07. The van der Waals surface area contributed by atoms with E-state index in [4.69, 9.17) is 11.6 Å². The van der Waals surface area contributed by atoms with Crippen LogP contribution in [-0.2, 0) is 6.42 Å². The lowest BCUT2D eigenvalue weighted by molar-refractivity contribution is 0.0812. The molecule has 0 heterocycles. The van der Waals surface area contributed by atoms with Gasteiger partial charge in [-0.25, -0.2) is 0 Å². The first-order chi connectivity index (χ1) is 9.65. The molecule has 1 aromatic rings. The topological polar surface area (TPSA) is 12.0 Å². The van der Waals surface area contributed by atoms with Crippen molar-refractivity contribution in [3.8, 4) is 0 Å². The van der Waals surface area contributed by atoms with Crippen LogP contribution in [0, 0.1) is 10.8 Å². The van der Waals surface area contributed by atoms with Crippen molar-refractivity contribution in [2.45, 2.75) is 72.4 Å². The molecule has 118 valence electrons. The maximum atomic E-state index is 6.07. The van der Waals surface area contributed by atoms with E-state index in [1.54, 1.807) is 0 Å². The van der Waals surface area contributed by atoms with Gasteiger partial charge in [0.15, 0.2) is 0 Å². The van der Waals surface area contributed by atoms with Crippen molar-refractivity contribution in [1.82, 2.24) is 5.32 Å². The van der Waals surface area contributed by atoms with Gasteiger partial charge in [0, 0.05) is 17.1 Å². The quantitative estimate of drug-likeness (QED) is 0.778. The van der Waals surface area contributed by atoms with Crippen LogP contribution in [-0.4, -0.2) is 12.1 Å². The summed E-state index contributed by atoms with van der Waals surface area (Å²) in [4.78, 5) is 0. The number of hydrogen-bond donors (Lipinski definition) is 1. The fraction of sp³-hybridized carbons (Fsp3) is 0.684. The van der Waals surface area contributed by atoms with E-state index in [0.717, 1.165) is 11.4 Å². The van der Waals surface area contributed by atoms with Crippen LogP contribution in [0.3, 0.4) is 0 Å². The molecule has 0 amide bonds. The molecule has 1 saturated carbocycles. The monoisotopic (exact) mass is 307 g/mol. The van der Waals surface area contributed by atoms with Gasteiger partial charge >= 0.3 is 0 Å². The van der Waals surface area contributed by atoms with Crippen LogP contribution in [0.2, 0.25) is 5.02 Å². The summed E-state index contributed by atoms with van der Waals surface area (Å²) in [5.41, 5.74) is 2.20. The van der Waals surface area contributed by atoms with Gasteiger partial charge < -0.3 is 5.32 Å². The highest BCUT2D eigenvalue weighted by Crippen LogP contribution is 2.45. The molecule has 1 unspecified atom stereocenters. The number of halogens is 1. The van der Waals surface area contributed by atoms with Gasteiger partial charge in [-0.1, -0.05) is 51.4 Å². The van der Waals surface area contributed by atoms with Crippen molar-refractivity contribution in [2.75, 3.05) is 0 Å². The minimum Gasteiger partial charge on any atom is -0.311 e. The number of rotatable bonds is 4. The molecule has 0 saturated heterocycles. The Bertz CT molecular complexity index is 462. The van der Waals surface area contributed by atoms with E-state index >= 15 is 0 Å². The third kappa shape index (κ3) is 5.30. The molecule has 21 heavy (non-hydrogen) atoms. The molecule has 1 fully saturated rings. The first-order valence-corrected chi connectivity index (χ1v) is 8.54. The van der Waals surface area contributed by atoms with Crippen molar-refractivity contribution in [3.63, 3.8) is 0 Å². The third-order valence-corrected chi connectivity index (χ3v) is 4.74. The number of hydrogen-bond acceptors (Lipinski definition) is 1. The van der Waals surface area contributed by atoms with Crippen molar-refractivity contribution in [1.29, 1.82) is 0 Å². The van der Waals surface area contributed by atoms with E-state index in [0.29, 0.717) is 22.9 Å². The first kappa shape index (κ1) is 16.8. The highest BCUT2D eigenvalue weighted by atomic mass is 35.5. The van der Waals surface area contributed by atoms with E-state index in [9.17, 15) is 0 Å². The van der Waals surface area contributed by atoms with Gasteiger partial charge in [0.25, 0.3) is 0 Å². The predicted octanol–water partition coefficient (Wildman–Crippen LogP) is 5.47. The highest BCUT2D eigenvalue weighted by Gasteiger charge is 2.38. The second kappa shape index (κ2) is 6.30. The van der Waals surface area contributed by atoms with Crippen molar-refractivity contribution < 1.29 is 0 Å². The smallest absolute Gasteiger partial charge is 0.0408 e. The summed E-state index contributed by atoms with van der Waals surface area (Å²) in [5, 5.41) is 4.69. The lowest BCUT2D eigenvalue weighted by Gasteiger charge is -2.46. The number of nitrogens with one attached hydrogen (secondary N) is 1. The summed E-state index contributed by atoms with van der Waals surface area (Å²) in [6.07, 6.45) is 4.91. The zero-order valence-corrected chi connectivity index (χ0v) is 14.9. The third-order valence-electron chi connectivity index (χ3n) is 4.51. The molecule has 2 heteroatoms. The van der Waals surface area contributed by atoms with Crippen molar-refractivity contribution in [3.05, 3.63) is 34.9 Å². The molecule has 2 rings (SSSR count). The normalized spacial score (nSPS) is 23.0. The molecular formula is C19H30ClN. The van der Waals surface area contributed by atoms with E-state index in [2.05, 4.69) is 52.1 Å². The molecule has 0 aromatic heterocycles. The first-order valence-electron chi connectivity index (χ1n) is 8.16. The molecular weight excluding hydrogens is 278 g/mol. The molecule has 0 aliphatic heterocycles. The maximum absolute atomic E-state index is 6.07. The van der Waals surface area contributed by atoms with Gasteiger partial charge in [-0.3, -0.25) is 0 Å². The van der Waals surface area contributed by atoms with Gasteiger partial charge in [-0.2, -0.15) is 0 Å². The average molecular weight is 308 g/mol. The van der Waals surface area contributed by atoms with Gasteiger partial charge in [-0.15, -0.1) is 0 Å². The van der Waals surface area contributed by atoms with E-state index in [1.165, 1.54) is 24.8 Å². The number of benzene rings is 1. The molecule has 1 aliphatic rings. The Labute approximate surface area is 135 Å². The Kier molecular flexibility index (Phi) is 5.05. The Hall–Kier alpha value is -0.530. The zero-order chi connectivity index (χ0) is 15.7. The van der Waals surface area contributed by atoms with Crippen LogP contribution >= 0.6 is 11.6 Å². The van der Waals surface area contributed by atoms with E-state index < -0.39 is 0 Å².